The Balaban J connectivity index is 1.20. The number of aromatic nitrogens is 4. The third kappa shape index (κ3) is 5.07. The minimum atomic E-state index is 0.640. The summed E-state index contributed by atoms with van der Waals surface area (Å²) in [5.41, 5.74) is 13.7. The van der Waals surface area contributed by atoms with Gasteiger partial charge in [0.25, 0.3) is 0 Å². The molecule has 0 N–H and O–H groups in total. The Morgan fingerprint density at radius 1 is 0.365 bits per heavy atom. The zero-order valence-corrected chi connectivity index (χ0v) is 28.1. The monoisotopic (exact) mass is 665 g/mol. The van der Waals surface area contributed by atoms with Crippen LogP contribution < -0.4 is 4.90 Å². The lowest BCUT2D eigenvalue weighted by molar-refractivity contribution is 1.02. The zero-order chi connectivity index (χ0) is 34.4. The normalized spacial score (nSPS) is 11.8. The minimum absolute atomic E-state index is 0.640. The fourth-order valence-corrected chi connectivity index (χ4v) is 7.26. The Morgan fingerprint density at radius 2 is 0.865 bits per heavy atom. The highest BCUT2D eigenvalue weighted by Gasteiger charge is 2.30. The van der Waals surface area contributed by atoms with Crippen molar-refractivity contribution in [2.24, 2.45) is 0 Å². The lowest BCUT2D eigenvalue weighted by Gasteiger charge is -2.24. The van der Waals surface area contributed by atoms with Gasteiger partial charge in [-0.2, -0.15) is 0 Å². The Morgan fingerprint density at radius 3 is 1.54 bits per heavy atom. The third-order valence-electron chi connectivity index (χ3n) is 9.80. The van der Waals surface area contributed by atoms with E-state index < -0.39 is 0 Å². The van der Waals surface area contributed by atoms with Crippen molar-refractivity contribution in [1.82, 2.24) is 19.5 Å². The lowest BCUT2D eigenvalue weighted by Crippen LogP contribution is -2.16. The van der Waals surface area contributed by atoms with Gasteiger partial charge in [0.15, 0.2) is 5.82 Å². The van der Waals surface area contributed by atoms with Crippen molar-refractivity contribution in [1.29, 1.82) is 0 Å². The highest BCUT2D eigenvalue weighted by molar-refractivity contribution is 5.96. The number of hydrogen-bond acceptors (Lipinski definition) is 4. The fraction of sp³-hybridized carbons (Fsp3) is 0. The third-order valence-corrected chi connectivity index (χ3v) is 9.80. The molecule has 52 heavy (non-hydrogen) atoms. The summed E-state index contributed by atoms with van der Waals surface area (Å²) in [5.74, 6) is 2.14. The standard InChI is InChI=1S/C47H31N5/c1-3-13-32(14-4-1)34-23-27-36(28-24-34)41-31-45(50-46(48-41)37-29-25-35(26-30-37)33-15-5-2-6-16-33)52-43-21-11-8-18-39(43)38-17-7-10-20-42(38)51-44-22-12-9-19-40(44)49-47(51)52/h1-31H. The quantitative estimate of drug-likeness (QED) is 0.184. The summed E-state index contributed by atoms with van der Waals surface area (Å²) in [4.78, 5) is 18.1. The minimum Gasteiger partial charge on any atom is -0.277 e. The number of rotatable bonds is 5. The smallest absolute Gasteiger partial charge is 0.221 e. The molecule has 0 radical (unpaired) electrons. The highest BCUT2D eigenvalue weighted by atomic mass is 15.4. The highest BCUT2D eigenvalue weighted by Crippen LogP contribution is 2.47. The maximum absolute atomic E-state index is 5.35. The van der Waals surface area contributed by atoms with Crippen LogP contribution in [0.1, 0.15) is 0 Å². The maximum atomic E-state index is 5.35. The van der Waals surface area contributed by atoms with Crippen molar-refractivity contribution in [3.8, 4) is 61.7 Å². The summed E-state index contributed by atoms with van der Waals surface area (Å²) in [5, 5.41) is 0. The molecule has 9 aromatic rings. The van der Waals surface area contributed by atoms with Gasteiger partial charge in [0, 0.05) is 28.3 Å². The van der Waals surface area contributed by atoms with Gasteiger partial charge in [-0.25, -0.2) is 15.0 Å². The molecule has 0 fully saturated rings. The van der Waals surface area contributed by atoms with Crippen molar-refractivity contribution in [2.75, 3.05) is 4.90 Å². The average Bonchev–Trinajstić information content (AvgIpc) is 3.55. The number of anilines is 3. The molecule has 5 heteroatoms. The number of fused-ring (bicyclic) bond motifs is 7. The van der Waals surface area contributed by atoms with Gasteiger partial charge in [-0.1, -0.05) is 158 Å². The number of benzene rings is 7. The van der Waals surface area contributed by atoms with E-state index in [1.807, 2.05) is 18.2 Å². The number of para-hydroxylation sites is 4. The van der Waals surface area contributed by atoms with E-state index in [1.54, 1.807) is 0 Å². The molecule has 0 spiro atoms. The molecular weight excluding hydrogens is 635 g/mol. The lowest BCUT2D eigenvalue weighted by atomic mass is 10.0. The summed E-state index contributed by atoms with van der Waals surface area (Å²) >= 11 is 0. The molecule has 1 aliphatic rings. The SMILES string of the molecule is c1ccc(-c2ccc(-c3cc(N4c5ccccc5-c5ccccc5-n5c4nc4ccccc45)nc(-c4ccc(-c5ccccc5)cc4)n3)cc2)cc1. The van der Waals surface area contributed by atoms with Gasteiger partial charge in [0.1, 0.15) is 5.82 Å². The largest absolute Gasteiger partial charge is 0.277 e. The molecule has 2 aromatic heterocycles. The molecule has 10 rings (SSSR count). The molecule has 0 aliphatic carbocycles. The van der Waals surface area contributed by atoms with Crippen molar-refractivity contribution in [3.05, 3.63) is 188 Å². The Labute approximate surface area is 301 Å². The summed E-state index contributed by atoms with van der Waals surface area (Å²) in [6.07, 6.45) is 0. The van der Waals surface area contributed by atoms with E-state index in [0.717, 1.165) is 73.2 Å². The second-order valence-electron chi connectivity index (χ2n) is 12.9. The molecule has 0 atom stereocenters. The van der Waals surface area contributed by atoms with Gasteiger partial charge in [0.2, 0.25) is 5.95 Å². The molecule has 0 amide bonds. The molecule has 0 unspecified atom stereocenters. The van der Waals surface area contributed by atoms with Gasteiger partial charge in [-0.15, -0.1) is 0 Å². The second kappa shape index (κ2) is 12.3. The van der Waals surface area contributed by atoms with Gasteiger partial charge in [-0.05, 0) is 46.5 Å². The molecule has 0 saturated heterocycles. The van der Waals surface area contributed by atoms with E-state index in [0.29, 0.717) is 5.82 Å². The Bertz CT molecular complexity index is 2620. The molecule has 0 saturated carbocycles. The number of imidazole rings is 1. The predicted molar refractivity (Wildman–Crippen MR) is 212 cm³/mol. The van der Waals surface area contributed by atoms with E-state index in [2.05, 4.69) is 179 Å². The van der Waals surface area contributed by atoms with Crippen molar-refractivity contribution >= 4 is 28.5 Å². The summed E-state index contributed by atoms with van der Waals surface area (Å²) in [6.45, 7) is 0. The molecule has 7 aromatic carbocycles. The van der Waals surface area contributed by atoms with Gasteiger partial charge in [0.05, 0.1) is 28.1 Å². The Hall–Kier alpha value is -7.11. The first-order chi connectivity index (χ1) is 25.8. The van der Waals surface area contributed by atoms with E-state index >= 15 is 0 Å². The van der Waals surface area contributed by atoms with Crippen LogP contribution in [0, 0.1) is 0 Å². The van der Waals surface area contributed by atoms with Crippen molar-refractivity contribution in [2.45, 2.75) is 0 Å². The fourth-order valence-electron chi connectivity index (χ4n) is 7.26. The molecule has 5 nitrogen and oxygen atoms in total. The molecule has 0 bridgehead atoms. The number of nitrogens with zero attached hydrogens (tertiary/aromatic N) is 5. The molecule has 3 heterocycles. The first kappa shape index (κ1) is 29.8. The maximum Gasteiger partial charge on any atom is 0.221 e. The van der Waals surface area contributed by atoms with Crippen LogP contribution in [0.15, 0.2) is 188 Å². The van der Waals surface area contributed by atoms with Crippen LogP contribution in [-0.2, 0) is 0 Å². The first-order valence-electron chi connectivity index (χ1n) is 17.5. The average molecular weight is 666 g/mol. The summed E-state index contributed by atoms with van der Waals surface area (Å²) < 4.78 is 2.26. The van der Waals surface area contributed by atoms with Crippen LogP contribution in [0.25, 0.3) is 72.7 Å². The van der Waals surface area contributed by atoms with E-state index in [9.17, 15) is 0 Å². The molecule has 244 valence electrons. The summed E-state index contributed by atoms with van der Waals surface area (Å²) in [6, 6.07) is 65.5. The van der Waals surface area contributed by atoms with E-state index in [1.165, 1.54) is 11.1 Å². The topological polar surface area (TPSA) is 46.8 Å². The van der Waals surface area contributed by atoms with Crippen LogP contribution in [0.2, 0.25) is 0 Å². The predicted octanol–water partition coefficient (Wildman–Crippen LogP) is 11.9. The van der Waals surface area contributed by atoms with Crippen LogP contribution in [0.5, 0.6) is 0 Å². The van der Waals surface area contributed by atoms with E-state index in [4.69, 9.17) is 15.0 Å². The van der Waals surface area contributed by atoms with Crippen LogP contribution in [-0.4, -0.2) is 19.5 Å². The molecule has 1 aliphatic heterocycles. The van der Waals surface area contributed by atoms with Crippen LogP contribution in [0.3, 0.4) is 0 Å². The Kier molecular flexibility index (Phi) is 7.07. The van der Waals surface area contributed by atoms with Crippen LogP contribution in [0.4, 0.5) is 17.5 Å². The molecular formula is C47H31N5. The van der Waals surface area contributed by atoms with Crippen molar-refractivity contribution < 1.29 is 0 Å². The van der Waals surface area contributed by atoms with Gasteiger partial charge < -0.3 is 0 Å². The zero-order valence-electron chi connectivity index (χ0n) is 28.1. The van der Waals surface area contributed by atoms with Crippen molar-refractivity contribution in [3.63, 3.8) is 0 Å². The van der Waals surface area contributed by atoms with Gasteiger partial charge >= 0.3 is 0 Å². The van der Waals surface area contributed by atoms with E-state index in [-0.39, 0.29) is 0 Å². The summed E-state index contributed by atoms with van der Waals surface area (Å²) in [7, 11) is 0. The second-order valence-corrected chi connectivity index (χ2v) is 12.9. The first-order valence-corrected chi connectivity index (χ1v) is 17.5. The van der Waals surface area contributed by atoms with Crippen LogP contribution >= 0.6 is 0 Å². The number of hydrogen-bond donors (Lipinski definition) is 0. The van der Waals surface area contributed by atoms with Gasteiger partial charge in [-0.3, -0.25) is 9.47 Å².